The van der Waals surface area contributed by atoms with Gasteiger partial charge in [-0.3, -0.25) is 0 Å². The fourth-order valence-electron chi connectivity index (χ4n) is 3.86. The molecule has 4 heterocycles. The Morgan fingerprint density at radius 2 is 2.20 bits per heavy atom. The zero-order valence-electron chi connectivity index (χ0n) is 16.4. The quantitative estimate of drug-likeness (QED) is 0.477. The minimum Gasteiger partial charge on any atom is -0.423 e. The number of nitrogens with zero attached hydrogens (tertiary/aromatic N) is 5. The number of nitrogens with two attached hydrogens (primary N) is 1. The first-order chi connectivity index (χ1) is 14.7. The summed E-state index contributed by atoms with van der Waals surface area (Å²) >= 11 is 0. The van der Waals surface area contributed by atoms with Crippen molar-refractivity contribution in [3.63, 3.8) is 0 Å². The predicted molar refractivity (Wildman–Crippen MR) is 115 cm³/mol. The van der Waals surface area contributed by atoms with Gasteiger partial charge in [-0.25, -0.2) is 4.98 Å². The maximum absolute atomic E-state index is 8.92. The summed E-state index contributed by atoms with van der Waals surface area (Å²) in [5.41, 5.74) is 9.11. The molecule has 9 nitrogen and oxygen atoms in total. The standard InChI is InChI=1S/C21H20N8O/c1-24-16-4-2-3-15-17-19(26-18(15)16)27-21(28-20(17)29-8-7-12(23)11-29)30-14-6-5-13(9-22)25-10-14/h2-6,10,12,24H,7-8,11,23H2,1H3,(H,26,27,28)/t12-/m1/s1. The Bertz CT molecular complexity index is 1270. The molecule has 0 radical (unpaired) electrons. The Hall–Kier alpha value is -3.90. The number of benzene rings is 1. The van der Waals surface area contributed by atoms with E-state index in [2.05, 4.69) is 31.2 Å². The molecule has 30 heavy (non-hydrogen) atoms. The molecule has 3 aromatic heterocycles. The van der Waals surface area contributed by atoms with E-state index in [1.165, 1.54) is 6.20 Å². The van der Waals surface area contributed by atoms with Crippen molar-refractivity contribution in [2.45, 2.75) is 12.5 Å². The van der Waals surface area contributed by atoms with Crippen molar-refractivity contribution in [1.82, 2.24) is 19.9 Å². The highest BCUT2D eigenvalue weighted by molar-refractivity contribution is 6.14. The molecule has 5 rings (SSSR count). The minimum absolute atomic E-state index is 0.111. The summed E-state index contributed by atoms with van der Waals surface area (Å²) in [5, 5.41) is 14.1. The monoisotopic (exact) mass is 400 g/mol. The van der Waals surface area contributed by atoms with E-state index in [-0.39, 0.29) is 12.1 Å². The number of aromatic nitrogens is 4. The van der Waals surface area contributed by atoms with E-state index >= 15 is 0 Å². The summed E-state index contributed by atoms with van der Waals surface area (Å²) in [6, 6.07) is 11.7. The number of hydrogen-bond donors (Lipinski definition) is 3. The van der Waals surface area contributed by atoms with E-state index in [0.29, 0.717) is 17.1 Å². The fraction of sp³-hybridized carbons (Fsp3) is 0.238. The van der Waals surface area contributed by atoms with Crippen molar-refractivity contribution in [3.8, 4) is 17.8 Å². The number of anilines is 2. The lowest BCUT2D eigenvalue weighted by Gasteiger charge is -2.18. The molecular weight excluding hydrogens is 380 g/mol. The maximum atomic E-state index is 8.92. The number of H-pyrrole nitrogens is 1. The Morgan fingerprint density at radius 3 is 2.90 bits per heavy atom. The van der Waals surface area contributed by atoms with E-state index in [1.807, 2.05) is 25.2 Å². The first-order valence-electron chi connectivity index (χ1n) is 9.71. The Labute approximate surface area is 172 Å². The number of para-hydroxylation sites is 1. The maximum Gasteiger partial charge on any atom is 0.326 e. The zero-order valence-corrected chi connectivity index (χ0v) is 16.4. The van der Waals surface area contributed by atoms with Crippen LogP contribution in [0.5, 0.6) is 11.8 Å². The van der Waals surface area contributed by atoms with Crippen molar-refractivity contribution < 1.29 is 4.74 Å². The molecule has 1 aliphatic heterocycles. The van der Waals surface area contributed by atoms with Crippen molar-refractivity contribution in [2.75, 3.05) is 30.4 Å². The Balaban J connectivity index is 1.67. The van der Waals surface area contributed by atoms with E-state index in [9.17, 15) is 0 Å². The van der Waals surface area contributed by atoms with Crippen LogP contribution < -0.4 is 20.7 Å². The average Bonchev–Trinajstić information content (AvgIpc) is 3.37. The van der Waals surface area contributed by atoms with Gasteiger partial charge in [-0.2, -0.15) is 15.2 Å². The van der Waals surface area contributed by atoms with Crippen molar-refractivity contribution in [1.29, 1.82) is 5.26 Å². The highest BCUT2D eigenvalue weighted by Crippen LogP contribution is 2.37. The lowest BCUT2D eigenvalue weighted by molar-refractivity contribution is 0.442. The lowest BCUT2D eigenvalue weighted by Crippen LogP contribution is -2.27. The van der Waals surface area contributed by atoms with Crippen LogP contribution in [0.4, 0.5) is 11.5 Å². The van der Waals surface area contributed by atoms with E-state index in [1.54, 1.807) is 12.1 Å². The predicted octanol–water partition coefficient (Wildman–Crippen LogP) is 2.75. The molecule has 150 valence electrons. The fourth-order valence-corrected chi connectivity index (χ4v) is 3.86. The number of hydrogen-bond acceptors (Lipinski definition) is 8. The van der Waals surface area contributed by atoms with Gasteiger partial charge in [0.05, 0.1) is 22.8 Å². The van der Waals surface area contributed by atoms with Gasteiger partial charge in [-0.1, -0.05) is 12.1 Å². The second kappa shape index (κ2) is 7.17. The zero-order chi connectivity index (χ0) is 20.7. The Morgan fingerprint density at radius 1 is 1.30 bits per heavy atom. The highest BCUT2D eigenvalue weighted by Gasteiger charge is 2.25. The van der Waals surface area contributed by atoms with Crippen LogP contribution in [-0.4, -0.2) is 46.1 Å². The van der Waals surface area contributed by atoms with E-state index in [4.69, 9.17) is 20.7 Å². The number of fused-ring (bicyclic) bond motifs is 3. The number of pyridine rings is 1. The largest absolute Gasteiger partial charge is 0.423 e. The van der Waals surface area contributed by atoms with Gasteiger partial charge in [0, 0.05) is 31.6 Å². The van der Waals surface area contributed by atoms with Crippen LogP contribution in [0.3, 0.4) is 0 Å². The Kier molecular flexibility index (Phi) is 4.34. The molecular formula is C21H20N8O. The molecule has 1 aliphatic rings. The van der Waals surface area contributed by atoms with Crippen LogP contribution in [0.1, 0.15) is 12.1 Å². The molecule has 1 atom stereocenters. The molecule has 4 aromatic rings. The molecule has 0 bridgehead atoms. The smallest absolute Gasteiger partial charge is 0.326 e. The van der Waals surface area contributed by atoms with Crippen molar-refractivity contribution in [2.24, 2.45) is 5.73 Å². The SMILES string of the molecule is CNc1cccc2c1[nH]c1nc(Oc3ccc(C#N)nc3)nc(N3CC[C@@H](N)C3)c12. The van der Waals surface area contributed by atoms with Gasteiger partial charge in [-0.05, 0) is 24.6 Å². The van der Waals surface area contributed by atoms with Crippen molar-refractivity contribution in [3.05, 3.63) is 42.2 Å². The molecule has 1 fully saturated rings. The van der Waals surface area contributed by atoms with Crippen LogP contribution >= 0.6 is 0 Å². The second-order valence-electron chi connectivity index (χ2n) is 7.24. The van der Waals surface area contributed by atoms with E-state index < -0.39 is 0 Å². The molecule has 0 unspecified atom stereocenters. The van der Waals surface area contributed by atoms with Crippen LogP contribution in [0.15, 0.2) is 36.5 Å². The van der Waals surface area contributed by atoms with Gasteiger partial charge in [0.1, 0.15) is 29.0 Å². The van der Waals surface area contributed by atoms with Crippen LogP contribution in [-0.2, 0) is 0 Å². The van der Waals surface area contributed by atoms with Crippen LogP contribution in [0.25, 0.3) is 21.9 Å². The summed E-state index contributed by atoms with van der Waals surface area (Å²) in [5.74, 6) is 1.26. The number of aromatic amines is 1. The average molecular weight is 400 g/mol. The third-order valence-electron chi connectivity index (χ3n) is 5.30. The molecule has 0 saturated carbocycles. The third kappa shape index (κ3) is 3.03. The number of ether oxygens (including phenoxy) is 1. The second-order valence-corrected chi connectivity index (χ2v) is 7.24. The third-order valence-corrected chi connectivity index (χ3v) is 5.30. The summed E-state index contributed by atoms with van der Waals surface area (Å²) in [7, 11) is 1.89. The molecule has 0 aliphatic carbocycles. The number of nitrogens with one attached hydrogen (secondary N) is 2. The molecule has 0 amide bonds. The highest BCUT2D eigenvalue weighted by atomic mass is 16.5. The topological polar surface area (TPSA) is 129 Å². The van der Waals surface area contributed by atoms with Gasteiger partial charge in [0.2, 0.25) is 0 Å². The van der Waals surface area contributed by atoms with Crippen molar-refractivity contribution >= 4 is 33.4 Å². The van der Waals surface area contributed by atoms with Gasteiger partial charge in [0.25, 0.3) is 0 Å². The summed E-state index contributed by atoms with van der Waals surface area (Å²) in [4.78, 5) is 19.0. The van der Waals surface area contributed by atoms with Gasteiger partial charge < -0.3 is 25.7 Å². The first kappa shape index (κ1) is 18.1. The number of rotatable bonds is 4. The molecule has 1 aromatic carbocycles. The lowest BCUT2D eigenvalue weighted by atomic mass is 10.1. The number of nitriles is 1. The summed E-state index contributed by atoms with van der Waals surface area (Å²) in [6.07, 6.45) is 2.40. The summed E-state index contributed by atoms with van der Waals surface area (Å²) in [6.45, 7) is 1.55. The molecule has 1 saturated heterocycles. The summed E-state index contributed by atoms with van der Waals surface area (Å²) < 4.78 is 5.88. The first-order valence-corrected chi connectivity index (χ1v) is 9.71. The molecule has 0 spiro atoms. The minimum atomic E-state index is 0.111. The van der Waals surface area contributed by atoms with Crippen LogP contribution in [0, 0.1) is 11.3 Å². The normalized spacial score (nSPS) is 16.2. The van der Waals surface area contributed by atoms with Gasteiger partial charge in [0.15, 0.2) is 0 Å². The van der Waals surface area contributed by atoms with Gasteiger partial charge in [-0.15, -0.1) is 0 Å². The van der Waals surface area contributed by atoms with Gasteiger partial charge >= 0.3 is 6.01 Å². The van der Waals surface area contributed by atoms with E-state index in [0.717, 1.165) is 47.3 Å². The van der Waals surface area contributed by atoms with Crippen LogP contribution in [0.2, 0.25) is 0 Å². The molecule has 9 heteroatoms. The molecule has 4 N–H and O–H groups in total.